The molecule has 0 radical (unpaired) electrons. The van der Waals surface area contributed by atoms with Gasteiger partial charge in [0.2, 0.25) is 23.6 Å². The van der Waals surface area contributed by atoms with E-state index >= 15 is 0 Å². The van der Waals surface area contributed by atoms with Crippen molar-refractivity contribution in [2.75, 3.05) is 19.7 Å². The van der Waals surface area contributed by atoms with E-state index in [1.54, 1.807) is 62.4 Å². The molecule has 6 atom stereocenters. The highest BCUT2D eigenvalue weighted by molar-refractivity contribution is 6.22. The molecule has 19 heteroatoms. The molecule has 1 aromatic heterocycles. The number of carbonyl (C=O) groups is 8. The highest BCUT2D eigenvalue weighted by atomic mass is 16.5. The van der Waals surface area contributed by atoms with Crippen LogP contribution in [0, 0.1) is 17.8 Å². The molecule has 1 unspecified atom stereocenters. The molecule has 6 amide bonds. The highest BCUT2D eigenvalue weighted by Crippen LogP contribution is 2.25. The molecular weight excluding hydrogens is 841 g/mol. The molecule has 1 aliphatic heterocycles. The summed E-state index contributed by atoms with van der Waals surface area (Å²) in [5, 5.41) is 25.7. The van der Waals surface area contributed by atoms with Crippen molar-refractivity contribution >= 4 is 47.2 Å². The van der Waals surface area contributed by atoms with E-state index < -0.39 is 109 Å². The highest BCUT2D eigenvalue weighted by Gasteiger charge is 2.50. The number of likely N-dealkylation sites (tertiary alicyclic amines) is 1. The van der Waals surface area contributed by atoms with Gasteiger partial charge in [-0.1, -0.05) is 88.4 Å². The summed E-state index contributed by atoms with van der Waals surface area (Å²) in [5.41, 5.74) is 11.4. The molecule has 3 aromatic rings. The van der Waals surface area contributed by atoms with Crippen LogP contribution in [0.5, 0.6) is 0 Å². The Morgan fingerprint density at radius 1 is 0.938 bits per heavy atom. The fourth-order valence-electron chi connectivity index (χ4n) is 7.58. The van der Waals surface area contributed by atoms with Crippen LogP contribution < -0.4 is 22.1 Å². The number of hydrogen-bond acceptors (Lipinski definition) is 14. The first-order chi connectivity index (χ1) is 30.9. The number of nitrogens with two attached hydrogens (primary N) is 2. The van der Waals surface area contributed by atoms with Gasteiger partial charge in [0.15, 0.2) is 23.1 Å². The zero-order chi connectivity index (χ0) is 47.8. The van der Waals surface area contributed by atoms with Crippen molar-refractivity contribution in [1.29, 1.82) is 0 Å². The van der Waals surface area contributed by atoms with Crippen molar-refractivity contribution in [3.05, 3.63) is 90.0 Å². The number of benzene rings is 2. The number of alkyl carbamates (subject to hydrolysis) is 1. The summed E-state index contributed by atoms with van der Waals surface area (Å²) in [7, 11) is 0. The minimum atomic E-state index is -2.78. The number of aromatic amines is 1. The number of nitrogens with one attached hydrogen (secondary N) is 3. The minimum Gasteiger partial charge on any atom is -0.445 e. The number of imidazole rings is 1. The van der Waals surface area contributed by atoms with Gasteiger partial charge in [0, 0.05) is 62.6 Å². The van der Waals surface area contributed by atoms with Crippen molar-refractivity contribution in [2.45, 2.75) is 109 Å². The molecule has 19 nitrogen and oxygen atoms in total. The number of aromatic nitrogens is 2. The summed E-state index contributed by atoms with van der Waals surface area (Å²) in [6.45, 7) is 5.93. The number of ether oxygens (including phenoxy) is 1. The number of aliphatic hydroxyl groups is 2. The van der Waals surface area contributed by atoms with E-state index in [0.29, 0.717) is 35.4 Å². The molecule has 9 N–H and O–H groups in total. The number of ketones is 2. The van der Waals surface area contributed by atoms with E-state index in [0.717, 1.165) is 0 Å². The molecule has 1 fully saturated rings. The summed E-state index contributed by atoms with van der Waals surface area (Å²) in [5.74, 6) is -8.96. The van der Waals surface area contributed by atoms with E-state index in [1.807, 2.05) is 13.8 Å². The number of carbonyl (C=O) groups excluding carboxylic acids is 8. The summed E-state index contributed by atoms with van der Waals surface area (Å²) in [6, 6.07) is 11.6. The second-order valence-corrected chi connectivity index (χ2v) is 17.2. The third-order valence-electron chi connectivity index (χ3n) is 11.3. The molecule has 0 bridgehead atoms. The van der Waals surface area contributed by atoms with Crippen LogP contribution in [-0.2, 0) is 57.7 Å². The predicted molar refractivity (Wildman–Crippen MR) is 236 cm³/mol. The number of aliphatic hydroxyl groups excluding tert-OH is 2. The average Bonchev–Trinajstić information content (AvgIpc) is 3.96. The summed E-state index contributed by atoms with van der Waals surface area (Å²) < 4.78 is 5.22. The van der Waals surface area contributed by atoms with Crippen LogP contribution in [0.15, 0.2) is 73.2 Å². The Labute approximate surface area is 378 Å². The lowest BCUT2D eigenvalue weighted by molar-refractivity contribution is -0.160. The van der Waals surface area contributed by atoms with Crippen LogP contribution in [0.2, 0.25) is 0 Å². The van der Waals surface area contributed by atoms with Crippen LogP contribution in [0.3, 0.4) is 0 Å². The van der Waals surface area contributed by atoms with Crippen LogP contribution in [0.4, 0.5) is 4.79 Å². The van der Waals surface area contributed by atoms with Gasteiger partial charge in [-0.05, 0) is 42.2 Å². The molecular formula is C46H62N8O11. The Morgan fingerprint density at radius 3 is 2.14 bits per heavy atom. The SMILES string of the molecule is CC(C)C[C@H](N)[C@@H](O)C[C@H](C(=O)N(C(=O)CCN1CCCC1=O)C(=O)[C@H](Cc1cnc[nH]1)NC(=O)[C@@](N)(Cc1ccccc1)C(=O)C(NC(=O)OCc1ccccc1)C(=O)CO)C(C)C. The zero-order valence-corrected chi connectivity index (χ0v) is 37.3. The fraction of sp³-hybridized carbons (Fsp3) is 0.500. The Morgan fingerprint density at radius 2 is 1.58 bits per heavy atom. The van der Waals surface area contributed by atoms with Crippen molar-refractivity contribution in [3.63, 3.8) is 0 Å². The second-order valence-electron chi connectivity index (χ2n) is 17.2. The van der Waals surface area contributed by atoms with Gasteiger partial charge < -0.3 is 46.9 Å². The van der Waals surface area contributed by atoms with Gasteiger partial charge in [-0.25, -0.2) is 14.7 Å². The second kappa shape index (κ2) is 24.2. The molecule has 0 saturated carbocycles. The van der Waals surface area contributed by atoms with Gasteiger partial charge in [-0.2, -0.15) is 0 Å². The van der Waals surface area contributed by atoms with Gasteiger partial charge in [-0.15, -0.1) is 0 Å². The predicted octanol–water partition coefficient (Wildman–Crippen LogP) is 1.09. The molecule has 352 valence electrons. The largest absolute Gasteiger partial charge is 0.445 e. The average molecular weight is 903 g/mol. The van der Waals surface area contributed by atoms with Crippen LogP contribution >= 0.6 is 0 Å². The number of Topliss-reactive ketones (excluding diaryl/α,β-unsaturated/α-hetero) is 2. The minimum absolute atomic E-state index is 0.109. The lowest BCUT2D eigenvalue weighted by Gasteiger charge is -2.34. The summed E-state index contributed by atoms with van der Waals surface area (Å²) in [6.07, 6.45) is -0.295. The number of H-pyrrole nitrogens is 1. The molecule has 2 aromatic carbocycles. The van der Waals surface area contributed by atoms with Crippen molar-refractivity contribution in [3.8, 4) is 0 Å². The van der Waals surface area contributed by atoms with E-state index in [9.17, 15) is 48.6 Å². The van der Waals surface area contributed by atoms with Gasteiger partial charge in [0.05, 0.1) is 12.4 Å². The zero-order valence-electron chi connectivity index (χ0n) is 37.3. The van der Waals surface area contributed by atoms with Gasteiger partial charge >= 0.3 is 6.09 Å². The first-order valence-corrected chi connectivity index (χ1v) is 21.7. The fourth-order valence-corrected chi connectivity index (χ4v) is 7.58. The molecule has 2 heterocycles. The van der Waals surface area contributed by atoms with Gasteiger partial charge in [0.1, 0.15) is 19.3 Å². The molecule has 1 aliphatic rings. The number of hydrogen-bond donors (Lipinski definition) is 7. The molecule has 65 heavy (non-hydrogen) atoms. The smallest absolute Gasteiger partial charge is 0.408 e. The lowest BCUT2D eigenvalue weighted by Crippen LogP contribution is -2.69. The van der Waals surface area contributed by atoms with Crippen molar-refractivity contribution < 1.29 is 53.3 Å². The number of rotatable bonds is 24. The Balaban J connectivity index is 1.76. The van der Waals surface area contributed by atoms with E-state index in [2.05, 4.69) is 20.6 Å². The quantitative estimate of drug-likeness (QED) is 0.0620. The maximum Gasteiger partial charge on any atom is 0.408 e. The lowest BCUT2D eigenvalue weighted by atomic mass is 9.82. The molecule has 0 spiro atoms. The molecule has 1 saturated heterocycles. The first kappa shape index (κ1) is 51.5. The topological polar surface area (TPSA) is 298 Å². The van der Waals surface area contributed by atoms with Crippen LogP contribution in [0.25, 0.3) is 0 Å². The van der Waals surface area contributed by atoms with E-state index in [1.165, 1.54) is 29.6 Å². The Kier molecular flexibility index (Phi) is 19.2. The van der Waals surface area contributed by atoms with Crippen LogP contribution in [-0.4, -0.2) is 127 Å². The Hall–Kier alpha value is -6.15. The maximum atomic E-state index is 15.0. The number of imide groups is 3. The summed E-state index contributed by atoms with van der Waals surface area (Å²) >= 11 is 0. The Bertz CT molecular complexity index is 2100. The number of nitrogens with zero attached hydrogens (tertiary/aromatic N) is 3. The van der Waals surface area contributed by atoms with E-state index in [4.69, 9.17) is 16.2 Å². The maximum absolute atomic E-state index is 15.0. The van der Waals surface area contributed by atoms with Gasteiger partial charge in [0.25, 0.3) is 5.91 Å². The van der Waals surface area contributed by atoms with Gasteiger partial charge in [-0.3, -0.25) is 33.6 Å². The van der Waals surface area contributed by atoms with Crippen molar-refractivity contribution in [1.82, 2.24) is 30.4 Å². The molecule has 4 rings (SSSR count). The first-order valence-electron chi connectivity index (χ1n) is 21.7. The normalized spacial score (nSPS) is 15.9. The standard InChI is InChI=1S/C46H62N8O11/c1-28(2)20-34(47)36(56)22-33(29(3)4)42(61)54(39(59)17-19-53-18-11-16-38(53)58)43(62)35(21-32-24-49-27-50-32)51-44(63)46(48,23-30-12-7-5-8-13-30)41(60)40(37(57)25-55)52-45(64)65-26-31-14-9-6-10-15-31/h5-10,12-15,24,27-29,33-36,40,55-56H,11,16-23,25-26,47-48H2,1-4H3,(H,49,50)(H,51,63)(H,52,64)/t33-,34-,35-,36-,40?,46+/m0/s1. The molecule has 0 aliphatic carbocycles. The summed E-state index contributed by atoms with van der Waals surface area (Å²) in [4.78, 5) is 121. The van der Waals surface area contributed by atoms with E-state index in [-0.39, 0.29) is 43.5 Å². The van der Waals surface area contributed by atoms with Crippen molar-refractivity contribution in [2.24, 2.45) is 29.2 Å². The van der Waals surface area contributed by atoms with Crippen LogP contribution in [0.1, 0.15) is 76.6 Å². The number of amides is 6. The monoisotopic (exact) mass is 902 g/mol. The third kappa shape index (κ3) is 14.4. The third-order valence-corrected chi connectivity index (χ3v) is 11.3.